The summed E-state index contributed by atoms with van der Waals surface area (Å²) in [6.07, 6.45) is 2.57. The number of hydrogen-bond donors (Lipinski definition) is 3. The van der Waals surface area contributed by atoms with Crippen LogP contribution in [0.4, 0.5) is 0 Å². The van der Waals surface area contributed by atoms with E-state index in [2.05, 4.69) is 52.1 Å². The van der Waals surface area contributed by atoms with Crippen molar-refractivity contribution in [2.45, 2.75) is 31.7 Å². The van der Waals surface area contributed by atoms with Gasteiger partial charge in [0.15, 0.2) is 5.96 Å². The summed E-state index contributed by atoms with van der Waals surface area (Å²) in [5.74, 6) is 0.834. The molecular weight excluding hydrogens is 495 g/mol. The zero-order chi connectivity index (χ0) is 19.6. The first-order valence-corrected chi connectivity index (χ1v) is 11.1. The van der Waals surface area contributed by atoms with Gasteiger partial charge in [0, 0.05) is 23.9 Å². The van der Waals surface area contributed by atoms with Crippen molar-refractivity contribution in [3.63, 3.8) is 0 Å². The first-order chi connectivity index (χ1) is 13.8. The molecule has 0 saturated carbocycles. The molecule has 7 heteroatoms. The van der Waals surface area contributed by atoms with Crippen LogP contribution >= 0.6 is 35.3 Å². The van der Waals surface area contributed by atoms with E-state index in [1.54, 1.807) is 0 Å². The maximum absolute atomic E-state index is 9.79. The van der Waals surface area contributed by atoms with Crippen molar-refractivity contribution in [2.75, 3.05) is 39.3 Å². The van der Waals surface area contributed by atoms with Gasteiger partial charge in [-0.15, -0.1) is 35.3 Å². The van der Waals surface area contributed by atoms with Crippen LogP contribution in [0.1, 0.15) is 42.2 Å². The molecule has 1 saturated heterocycles. The van der Waals surface area contributed by atoms with Crippen molar-refractivity contribution >= 4 is 41.3 Å². The first-order valence-electron chi connectivity index (χ1n) is 10.3. The highest BCUT2D eigenvalue weighted by Gasteiger charge is 2.24. The second-order valence-corrected chi connectivity index (χ2v) is 8.14. The number of rotatable bonds is 9. The van der Waals surface area contributed by atoms with E-state index in [1.165, 1.54) is 30.8 Å². The Hall–Kier alpha value is -1.16. The molecule has 0 radical (unpaired) electrons. The lowest BCUT2D eigenvalue weighted by molar-refractivity contribution is 0.248. The monoisotopic (exact) mass is 528 g/mol. The third-order valence-corrected chi connectivity index (χ3v) is 6.19. The molecule has 2 unspecified atom stereocenters. The summed E-state index contributed by atoms with van der Waals surface area (Å²) in [7, 11) is 0. The Morgan fingerprint density at radius 3 is 2.52 bits per heavy atom. The van der Waals surface area contributed by atoms with E-state index < -0.39 is 0 Å². The summed E-state index contributed by atoms with van der Waals surface area (Å²) in [5, 5.41) is 18.8. The summed E-state index contributed by atoms with van der Waals surface area (Å²) < 4.78 is 0. The van der Waals surface area contributed by atoms with Gasteiger partial charge >= 0.3 is 0 Å². The van der Waals surface area contributed by atoms with Crippen molar-refractivity contribution < 1.29 is 5.11 Å². The Bertz CT molecular complexity index is 705. The number of halogens is 1. The number of likely N-dealkylation sites (tertiary alicyclic amines) is 1. The fourth-order valence-electron chi connectivity index (χ4n) is 3.67. The molecule has 1 aliphatic rings. The molecule has 5 nitrogen and oxygen atoms in total. The van der Waals surface area contributed by atoms with Gasteiger partial charge in [-0.25, -0.2) is 0 Å². The van der Waals surface area contributed by atoms with Gasteiger partial charge in [-0.05, 0) is 49.9 Å². The zero-order valence-corrected chi connectivity index (χ0v) is 20.2. The molecular formula is C22H33IN4OS. The summed E-state index contributed by atoms with van der Waals surface area (Å²) in [6, 6.07) is 14.9. The maximum atomic E-state index is 9.79. The van der Waals surface area contributed by atoms with Gasteiger partial charge in [-0.2, -0.15) is 0 Å². The molecule has 1 aliphatic heterocycles. The van der Waals surface area contributed by atoms with E-state index in [4.69, 9.17) is 4.99 Å². The molecule has 0 spiro atoms. The van der Waals surface area contributed by atoms with Crippen LogP contribution in [0.3, 0.4) is 0 Å². The minimum absolute atomic E-state index is 0. The normalized spacial score (nSPS) is 16.8. The Morgan fingerprint density at radius 2 is 1.90 bits per heavy atom. The summed E-state index contributed by atoms with van der Waals surface area (Å²) in [4.78, 5) is 8.74. The molecule has 3 N–H and O–H groups in total. The smallest absolute Gasteiger partial charge is 0.191 e. The molecule has 29 heavy (non-hydrogen) atoms. The van der Waals surface area contributed by atoms with Crippen molar-refractivity contribution in [2.24, 2.45) is 4.99 Å². The first kappa shape index (κ1) is 24.1. The lowest BCUT2D eigenvalue weighted by Crippen LogP contribution is -2.42. The van der Waals surface area contributed by atoms with Crippen molar-refractivity contribution in [1.82, 2.24) is 15.5 Å². The number of benzene rings is 1. The highest BCUT2D eigenvalue weighted by molar-refractivity contribution is 14.0. The van der Waals surface area contributed by atoms with E-state index in [0.29, 0.717) is 12.6 Å². The zero-order valence-electron chi connectivity index (χ0n) is 17.1. The number of nitrogens with zero attached hydrogens (tertiary/aromatic N) is 2. The third kappa shape index (κ3) is 7.24. The lowest BCUT2D eigenvalue weighted by atomic mass is 10.0. The Morgan fingerprint density at radius 1 is 1.14 bits per heavy atom. The third-order valence-electron chi connectivity index (χ3n) is 5.22. The molecule has 2 atom stereocenters. The predicted octanol–water partition coefficient (Wildman–Crippen LogP) is 3.83. The van der Waals surface area contributed by atoms with E-state index in [1.807, 2.05) is 29.5 Å². The number of thiophene rings is 1. The number of hydrogen-bond acceptors (Lipinski definition) is 4. The van der Waals surface area contributed by atoms with Gasteiger partial charge in [-0.1, -0.05) is 36.4 Å². The number of aliphatic hydroxyl groups is 1. The molecule has 3 rings (SSSR count). The van der Waals surface area contributed by atoms with Gasteiger partial charge in [0.1, 0.15) is 0 Å². The van der Waals surface area contributed by atoms with Crippen LogP contribution in [-0.2, 0) is 0 Å². The SMILES string of the molecule is CCNC(=NCC(CO)c1ccccc1)NCC(c1cccs1)N1CCCC1.I. The van der Waals surface area contributed by atoms with Gasteiger partial charge < -0.3 is 15.7 Å². The molecule has 1 aromatic heterocycles. The van der Waals surface area contributed by atoms with Crippen molar-refractivity contribution in [3.8, 4) is 0 Å². The highest BCUT2D eigenvalue weighted by atomic mass is 127. The minimum Gasteiger partial charge on any atom is -0.396 e. The van der Waals surface area contributed by atoms with Gasteiger partial charge in [0.05, 0.1) is 19.2 Å². The standard InChI is InChI=1S/C22H32N4OS.HI/c1-2-23-22(24-15-19(17-27)18-9-4-3-5-10-18)25-16-20(21-11-8-14-28-21)26-12-6-7-13-26;/h3-5,8-11,14,19-20,27H,2,6-7,12-13,15-17H2,1H3,(H2,23,24,25);1H. The molecule has 1 aromatic carbocycles. The van der Waals surface area contributed by atoms with Crippen LogP contribution in [0.15, 0.2) is 52.8 Å². The van der Waals surface area contributed by atoms with Crippen LogP contribution in [0.5, 0.6) is 0 Å². The Kier molecular flexibility index (Phi) is 11.0. The quantitative estimate of drug-likeness (QED) is 0.263. The largest absolute Gasteiger partial charge is 0.396 e. The molecule has 0 amide bonds. The van der Waals surface area contributed by atoms with Gasteiger partial charge in [-0.3, -0.25) is 9.89 Å². The number of aliphatic imine (C=N–C) groups is 1. The van der Waals surface area contributed by atoms with Gasteiger partial charge in [0.25, 0.3) is 0 Å². The average molecular weight is 529 g/mol. The van der Waals surface area contributed by atoms with E-state index in [-0.39, 0.29) is 36.5 Å². The molecule has 1 fully saturated rings. The second kappa shape index (κ2) is 13.2. The van der Waals surface area contributed by atoms with Crippen molar-refractivity contribution in [3.05, 3.63) is 58.3 Å². The van der Waals surface area contributed by atoms with Crippen molar-refractivity contribution in [1.29, 1.82) is 0 Å². The van der Waals surface area contributed by atoms with Crippen LogP contribution < -0.4 is 10.6 Å². The summed E-state index contributed by atoms with van der Waals surface area (Å²) in [5.41, 5.74) is 1.12. The topological polar surface area (TPSA) is 59.9 Å². The molecule has 2 heterocycles. The summed E-state index contributed by atoms with van der Waals surface area (Å²) in [6.45, 7) is 6.71. The molecule has 0 aliphatic carbocycles. The predicted molar refractivity (Wildman–Crippen MR) is 134 cm³/mol. The van der Waals surface area contributed by atoms with Gasteiger partial charge in [0.2, 0.25) is 0 Å². The highest BCUT2D eigenvalue weighted by Crippen LogP contribution is 2.27. The Balaban J connectivity index is 0.00000300. The average Bonchev–Trinajstić information content (AvgIpc) is 3.44. The fourth-order valence-corrected chi connectivity index (χ4v) is 4.54. The van der Waals surface area contributed by atoms with E-state index in [0.717, 1.165) is 24.6 Å². The molecule has 0 bridgehead atoms. The lowest BCUT2D eigenvalue weighted by Gasteiger charge is -2.27. The minimum atomic E-state index is 0. The summed E-state index contributed by atoms with van der Waals surface area (Å²) >= 11 is 1.83. The number of nitrogens with one attached hydrogen (secondary N) is 2. The maximum Gasteiger partial charge on any atom is 0.191 e. The van der Waals surface area contributed by atoms with Crippen LogP contribution in [0.2, 0.25) is 0 Å². The number of aliphatic hydroxyl groups excluding tert-OH is 1. The van der Waals surface area contributed by atoms with E-state index in [9.17, 15) is 5.11 Å². The van der Waals surface area contributed by atoms with Crippen LogP contribution in [0.25, 0.3) is 0 Å². The van der Waals surface area contributed by atoms with Crippen LogP contribution in [-0.4, -0.2) is 55.3 Å². The second-order valence-electron chi connectivity index (χ2n) is 7.16. The molecule has 2 aromatic rings. The van der Waals surface area contributed by atoms with E-state index >= 15 is 0 Å². The van der Waals surface area contributed by atoms with Crippen LogP contribution in [0, 0.1) is 0 Å². The number of guanidine groups is 1. The fraction of sp³-hybridized carbons (Fsp3) is 0.500. The molecule has 160 valence electrons. The Labute approximate surface area is 195 Å².